The van der Waals surface area contributed by atoms with Crippen molar-refractivity contribution in [1.82, 2.24) is 10.3 Å². The van der Waals surface area contributed by atoms with E-state index in [-0.39, 0.29) is 0 Å². The minimum absolute atomic E-state index is 0.670. The minimum atomic E-state index is 0.670. The molecule has 2 heterocycles. The van der Waals surface area contributed by atoms with Crippen molar-refractivity contribution in [3.05, 3.63) is 35.5 Å². The Morgan fingerprint density at radius 2 is 2.24 bits per heavy atom. The van der Waals surface area contributed by atoms with Gasteiger partial charge in [-0.3, -0.25) is 0 Å². The van der Waals surface area contributed by atoms with Gasteiger partial charge in [-0.2, -0.15) is 0 Å². The van der Waals surface area contributed by atoms with Crippen LogP contribution >= 0.6 is 0 Å². The Hall–Kier alpha value is -1.28. The summed E-state index contributed by atoms with van der Waals surface area (Å²) >= 11 is 0. The molecule has 1 aromatic heterocycles. The molecule has 2 N–H and O–H groups in total. The maximum atomic E-state index is 3.62. The summed E-state index contributed by atoms with van der Waals surface area (Å²) in [6, 6.07) is 7.35. The third-order valence-corrected chi connectivity index (χ3v) is 3.80. The second-order valence-electron chi connectivity index (χ2n) is 5.21. The van der Waals surface area contributed by atoms with E-state index in [4.69, 9.17) is 0 Å². The highest BCUT2D eigenvalue weighted by molar-refractivity contribution is 5.83. The maximum absolute atomic E-state index is 3.62. The van der Waals surface area contributed by atoms with Crippen LogP contribution in [0.25, 0.3) is 10.9 Å². The van der Waals surface area contributed by atoms with Gasteiger partial charge < -0.3 is 10.3 Å². The molecule has 2 nitrogen and oxygen atoms in total. The van der Waals surface area contributed by atoms with Gasteiger partial charge in [0.25, 0.3) is 0 Å². The van der Waals surface area contributed by atoms with E-state index in [9.17, 15) is 0 Å². The lowest BCUT2D eigenvalue weighted by Crippen LogP contribution is -2.35. The number of benzene rings is 1. The molecule has 17 heavy (non-hydrogen) atoms. The number of aryl methyl sites for hydroxylation is 1. The molecule has 0 amide bonds. The van der Waals surface area contributed by atoms with Crippen molar-refractivity contribution >= 4 is 10.9 Å². The molecule has 1 aromatic carbocycles. The van der Waals surface area contributed by atoms with Crippen molar-refractivity contribution in [3.8, 4) is 0 Å². The smallest absolute Gasteiger partial charge is 0.0459 e. The Morgan fingerprint density at radius 3 is 3.06 bits per heavy atom. The number of piperidine rings is 1. The van der Waals surface area contributed by atoms with Crippen LogP contribution in [0, 0.1) is 6.92 Å². The molecule has 0 radical (unpaired) electrons. The first-order chi connectivity index (χ1) is 8.33. The number of aromatic amines is 1. The summed E-state index contributed by atoms with van der Waals surface area (Å²) in [5, 5.41) is 5.01. The summed E-state index contributed by atoms with van der Waals surface area (Å²) in [6.07, 6.45) is 7.37. The van der Waals surface area contributed by atoms with Crippen LogP contribution in [0.1, 0.15) is 30.4 Å². The second kappa shape index (κ2) is 4.53. The van der Waals surface area contributed by atoms with Gasteiger partial charge in [-0.25, -0.2) is 0 Å². The number of nitrogens with one attached hydrogen (secondary N) is 2. The first kappa shape index (κ1) is 10.8. The average molecular weight is 228 g/mol. The fourth-order valence-electron chi connectivity index (χ4n) is 2.83. The summed E-state index contributed by atoms with van der Waals surface area (Å²) in [4.78, 5) is 3.39. The van der Waals surface area contributed by atoms with E-state index < -0.39 is 0 Å². The molecule has 1 aliphatic heterocycles. The number of rotatable bonds is 2. The summed E-state index contributed by atoms with van der Waals surface area (Å²) in [5.74, 6) is 0. The number of fused-ring (bicyclic) bond motifs is 1. The van der Waals surface area contributed by atoms with Gasteiger partial charge in [-0.1, -0.05) is 18.6 Å². The molecule has 1 saturated heterocycles. The van der Waals surface area contributed by atoms with Gasteiger partial charge in [-0.15, -0.1) is 0 Å². The summed E-state index contributed by atoms with van der Waals surface area (Å²) in [6.45, 7) is 3.33. The van der Waals surface area contributed by atoms with E-state index in [2.05, 4.69) is 41.6 Å². The van der Waals surface area contributed by atoms with Gasteiger partial charge in [0.1, 0.15) is 0 Å². The largest absolute Gasteiger partial charge is 0.361 e. The summed E-state index contributed by atoms with van der Waals surface area (Å²) in [7, 11) is 0. The standard InChI is InChI=1S/C15H20N2/c1-11-5-6-14-12(10-17-15(14)8-11)9-13-4-2-3-7-16-13/h5-6,8,10,13,16-17H,2-4,7,9H2,1H3. The highest BCUT2D eigenvalue weighted by atomic mass is 14.9. The predicted octanol–water partition coefficient (Wildman–Crippen LogP) is 3.16. The second-order valence-corrected chi connectivity index (χ2v) is 5.21. The van der Waals surface area contributed by atoms with Crippen LogP contribution in [0.3, 0.4) is 0 Å². The van der Waals surface area contributed by atoms with E-state index in [1.165, 1.54) is 47.8 Å². The monoisotopic (exact) mass is 228 g/mol. The van der Waals surface area contributed by atoms with Crippen molar-refractivity contribution in [2.75, 3.05) is 6.54 Å². The summed E-state index contributed by atoms with van der Waals surface area (Å²) in [5.41, 5.74) is 4.05. The SMILES string of the molecule is Cc1ccc2c(CC3CCCCN3)c[nH]c2c1. The molecule has 0 aliphatic carbocycles. The van der Waals surface area contributed by atoms with E-state index in [1.807, 2.05) is 0 Å². The number of aromatic nitrogens is 1. The molecule has 2 heteroatoms. The molecule has 1 aliphatic rings. The lowest BCUT2D eigenvalue weighted by molar-refractivity contribution is 0.400. The maximum Gasteiger partial charge on any atom is 0.0459 e. The summed E-state index contributed by atoms with van der Waals surface area (Å²) < 4.78 is 0. The molecule has 90 valence electrons. The Morgan fingerprint density at radius 1 is 1.29 bits per heavy atom. The zero-order chi connectivity index (χ0) is 11.7. The van der Waals surface area contributed by atoms with Gasteiger partial charge in [0.2, 0.25) is 0 Å². The van der Waals surface area contributed by atoms with Crippen molar-refractivity contribution in [2.45, 2.75) is 38.6 Å². The fourth-order valence-corrected chi connectivity index (χ4v) is 2.83. The molecule has 0 spiro atoms. The minimum Gasteiger partial charge on any atom is -0.361 e. The molecule has 1 atom stereocenters. The first-order valence-corrected chi connectivity index (χ1v) is 6.63. The van der Waals surface area contributed by atoms with Gasteiger partial charge in [-0.05, 0) is 49.9 Å². The number of hydrogen-bond donors (Lipinski definition) is 2. The third-order valence-electron chi connectivity index (χ3n) is 3.80. The van der Waals surface area contributed by atoms with Gasteiger partial charge >= 0.3 is 0 Å². The van der Waals surface area contributed by atoms with Crippen molar-refractivity contribution in [2.24, 2.45) is 0 Å². The Balaban J connectivity index is 1.84. The van der Waals surface area contributed by atoms with Crippen LogP contribution in [-0.2, 0) is 6.42 Å². The molecular formula is C15H20N2. The normalized spacial score (nSPS) is 20.9. The highest BCUT2D eigenvalue weighted by Gasteiger charge is 2.14. The average Bonchev–Trinajstić information content (AvgIpc) is 2.73. The molecule has 0 saturated carbocycles. The van der Waals surface area contributed by atoms with Crippen LogP contribution < -0.4 is 5.32 Å². The lowest BCUT2D eigenvalue weighted by Gasteiger charge is -2.23. The van der Waals surface area contributed by atoms with Crippen molar-refractivity contribution in [1.29, 1.82) is 0 Å². The Labute approximate surface area is 102 Å². The topological polar surface area (TPSA) is 27.8 Å². The Bertz CT molecular complexity index is 507. The van der Waals surface area contributed by atoms with Crippen LogP contribution in [0.4, 0.5) is 0 Å². The Kier molecular flexibility index (Phi) is 2.89. The number of hydrogen-bond acceptors (Lipinski definition) is 1. The van der Waals surface area contributed by atoms with E-state index in [0.29, 0.717) is 6.04 Å². The molecule has 0 bridgehead atoms. The molecule has 1 fully saturated rings. The van der Waals surface area contributed by atoms with Crippen LogP contribution in [0.5, 0.6) is 0 Å². The molecular weight excluding hydrogens is 208 g/mol. The first-order valence-electron chi connectivity index (χ1n) is 6.63. The van der Waals surface area contributed by atoms with E-state index >= 15 is 0 Å². The lowest BCUT2D eigenvalue weighted by atomic mass is 9.97. The molecule has 3 rings (SSSR count). The third kappa shape index (κ3) is 2.22. The zero-order valence-corrected chi connectivity index (χ0v) is 10.4. The van der Waals surface area contributed by atoms with Gasteiger partial charge in [0.05, 0.1) is 0 Å². The van der Waals surface area contributed by atoms with E-state index in [1.54, 1.807) is 0 Å². The van der Waals surface area contributed by atoms with Crippen molar-refractivity contribution < 1.29 is 0 Å². The number of H-pyrrole nitrogens is 1. The van der Waals surface area contributed by atoms with Gasteiger partial charge in [0.15, 0.2) is 0 Å². The predicted molar refractivity (Wildman–Crippen MR) is 72.4 cm³/mol. The highest BCUT2D eigenvalue weighted by Crippen LogP contribution is 2.22. The zero-order valence-electron chi connectivity index (χ0n) is 10.4. The van der Waals surface area contributed by atoms with E-state index in [0.717, 1.165) is 6.42 Å². The van der Waals surface area contributed by atoms with Gasteiger partial charge in [0, 0.05) is 23.1 Å². The molecule has 1 unspecified atom stereocenters. The fraction of sp³-hybridized carbons (Fsp3) is 0.467. The quantitative estimate of drug-likeness (QED) is 0.812. The van der Waals surface area contributed by atoms with Crippen LogP contribution in [-0.4, -0.2) is 17.6 Å². The van der Waals surface area contributed by atoms with Crippen molar-refractivity contribution in [3.63, 3.8) is 0 Å². The van der Waals surface area contributed by atoms with Crippen LogP contribution in [0.15, 0.2) is 24.4 Å². The van der Waals surface area contributed by atoms with Crippen LogP contribution in [0.2, 0.25) is 0 Å². The molecule has 2 aromatic rings.